The Morgan fingerprint density at radius 3 is 1.39 bits per heavy atom. The van der Waals surface area contributed by atoms with E-state index in [9.17, 15) is 36.7 Å². The van der Waals surface area contributed by atoms with Crippen LogP contribution in [0.15, 0.2) is 58.0 Å². The molecule has 8 rings (SSSR count). The van der Waals surface area contributed by atoms with Gasteiger partial charge in [-0.3, -0.25) is 19.2 Å². The lowest BCUT2D eigenvalue weighted by molar-refractivity contribution is -0.118. The van der Waals surface area contributed by atoms with Gasteiger partial charge in [-0.15, -0.1) is 0 Å². The van der Waals surface area contributed by atoms with Crippen LogP contribution in [0, 0.1) is 23.3 Å². The van der Waals surface area contributed by atoms with Gasteiger partial charge in [0.1, 0.15) is 11.6 Å². The molecule has 2 aromatic carbocycles. The van der Waals surface area contributed by atoms with Gasteiger partial charge in [0, 0.05) is 85.8 Å². The normalized spacial score (nSPS) is 22.1. The van der Waals surface area contributed by atoms with Crippen LogP contribution in [0.4, 0.5) is 28.9 Å². The molecule has 2 fully saturated rings. The van der Waals surface area contributed by atoms with Crippen molar-refractivity contribution in [2.45, 2.75) is 64.5 Å². The van der Waals surface area contributed by atoms with Crippen LogP contribution >= 0.6 is 0 Å². The minimum absolute atomic E-state index is 0.0316. The standard InChI is InChI=1S/2C20H21F2N3O3/c2*1-12-8-15-17(3-2-16(21)20(15)22)25(12)19(27)10-13-9-14(26)11-18(23-13)24-4-6-28-7-5-24/h2*2-3,11-12H,4-10H2,1H3/t2*12-/m10/s1. The van der Waals surface area contributed by atoms with Crippen molar-refractivity contribution in [3.05, 3.63) is 82.5 Å². The molecule has 0 unspecified atom stereocenters. The molecule has 6 heterocycles. The van der Waals surface area contributed by atoms with Crippen LogP contribution in [0.1, 0.15) is 50.7 Å². The van der Waals surface area contributed by atoms with E-state index in [1.54, 1.807) is 13.8 Å². The average molecular weight is 779 g/mol. The molecule has 0 saturated carbocycles. The molecule has 16 heteroatoms. The fourth-order valence-electron chi connectivity index (χ4n) is 7.91. The van der Waals surface area contributed by atoms with Crippen molar-refractivity contribution in [3.8, 4) is 0 Å². The molecule has 6 aliphatic heterocycles. The van der Waals surface area contributed by atoms with Gasteiger partial charge in [0.05, 0.1) is 50.6 Å². The number of amides is 2. The molecule has 12 nitrogen and oxygen atoms in total. The van der Waals surface area contributed by atoms with Gasteiger partial charge in [0.25, 0.3) is 0 Å². The quantitative estimate of drug-likeness (QED) is 0.395. The Labute approximate surface area is 321 Å². The lowest BCUT2D eigenvalue weighted by Crippen LogP contribution is -2.38. The Morgan fingerprint density at radius 2 is 1.02 bits per heavy atom. The number of rotatable bonds is 6. The number of hydrogen-bond acceptors (Lipinski definition) is 10. The van der Waals surface area contributed by atoms with E-state index >= 15 is 0 Å². The first-order chi connectivity index (χ1) is 26.9. The summed E-state index contributed by atoms with van der Waals surface area (Å²) in [5.41, 5.74) is 2.20. The molecule has 2 atom stereocenters. The van der Waals surface area contributed by atoms with Crippen LogP contribution < -0.4 is 9.80 Å². The van der Waals surface area contributed by atoms with E-state index in [-0.39, 0.29) is 85.1 Å². The zero-order valence-corrected chi connectivity index (χ0v) is 31.2. The van der Waals surface area contributed by atoms with Crippen LogP contribution in [0.3, 0.4) is 0 Å². The first-order valence-electron chi connectivity index (χ1n) is 18.7. The second-order valence-corrected chi connectivity index (χ2v) is 14.6. The predicted octanol–water partition coefficient (Wildman–Crippen LogP) is 4.44. The highest BCUT2D eigenvalue weighted by atomic mass is 19.2. The van der Waals surface area contributed by atoms with Crippen LogP contribution in [-0.2, 0) is 41.5 Å². The summed E-state index contributed by atoms with van der Waals surface area (Å²) in [6, 6.07) is 4.37. The molecule has 56 heavy (non-hydrogen) atoms. The molecule has 2 amide bonds. The van der Waals surface area contributed by atoms with Crippen LogP contribution in [0.25, 0.3) is 0 Å². The van der Waals surface area contributed by atoms with Crippen molar-refractivity contribution in [2.75, 3.05) is 62.4 Å². The van der Waals surface area contributed by atoms with E-state index < -0.39 is 23.3 Å². The lowest BCUT2D eigenvalue weighted by atomic mass is 10.1. The van der Waals surface area contributed by atoms with E-state index in [0.29, 0.717) is 87.0 Å². The lowest BCUT2D eigenvalue weighted by Gasteiger charge is -2.30. The van der Waals surface area contributed by atoms with Crippen LogP contribution in [0.2, 0.25) is 0 Å². The highest BCUT2D eigenvalue weighted by Gasteiger charge is 2.36. The third-order valence-electron chi connectivity index (χ3n) is 10.5. The fourth-order valence-corrected chi connectivity index (χ4v) is 7.91. The van der Waals surface area contributed by atoms with Crippen LogP contribution in [0.5, 0.6) is 0 Å². The number of allylic oxidation sites excluding steroid dienone is 2. The monoisotopic (exact) mass is 778 g/mol. The molecular weight excluding hydrogens is 736 g/mol. The zero-order chi connectivity index (χ0) is 39.7. The Hall–Kier alpha value is -5.22. The Morgan fingerprint density at radius 1 is 0.643 bits per heavy atom. The number of hydrogen-bond donors (Lipinski definition) is 0. The van der Waals surface area contributed by atoms with E-state index in [4.69, 9.17) is 9.47 Å². The third-order valence-corrected chi connectivity index (χ3v) is 10.5. The summed E-state index contributed by atoms with van der Waals surface area (Å²) < 4.78 is 65.8. The first-order valence-corrected chi connectivity index (χ1v) is 18.7. The second-order valence-electron chi connectivity index (χ2n) is 14.6. The Kier molecular flexibility index (Phi) is 11.5. The summed E-state index contributed by atoms with van der Waals surface area (Å²) >= 11 is 0. The van der Waals surface area contributed by atoms with E-state index in [1.807, 2.05) is 9.80 Å². The number of carbonyl (C=O) groups excluding carboxylic acids is 4. The summed E-state index contributed by atoms with van der Waals surface area (Å²) in [5, 5.41) is 0. The topological polar surface area (TPSA) is 124 Å². The third kappa shape index (κ3) is 8.17. The highest BCUT2D eigenvalue weighted by molar-refractivity contribution is 6.18. The van der Waals surface area contributed by atoms with Crippen molar-refractivity contribution in [1.82, 2.24) is 9.80 Å². The van der Waals surface area contributed by atoms with E-state index in [2.05, 4.69) is 9.98 Å². The molecular formula is C40H42F4N6O6. The van der Waals surface area contributed by atoms with Crippen LogP contribution in [-0.4, -0.2) is 109 Å². The fraction of sp³-hybridized carbons (Fsp3) is 0.450. The van der Waals surface area contributed by atoms with Gasteiger partial charge in [-0.25, -0.2) is 27.5 Å². The Bertz CT molecular complexity index is 1930. The molecule has 0 aliphatic carbocycles. The van der Waals surface area contributed by atoms with E-state index in [0.717, 1.165) is 12.1 Å². The summed E-state index contributed by atoms with van der Waals surface area (Å²) in [5.74, 6) is -3.24. The van der Waals surface area contributed by atoms with Gasteiger partial charge in [0.15, 0.2) is 34.8 Å². The molecule has 6 aliphatic rings. The SMILES string of the molecule is C[C@@H]1Cc2c(ccc(F)c2F)N1C(=O)CC1=NC(N2CCOCC2)=CC(=O)C1.C[C@H]1Cc2c(ccc(F)c2F)N1C(=O)CC1=NC(N2CCOCC2)=CC(=O)C1. The first kappa shape index (κ1) is 39.0. The van der Waals surface area contributed by atoms with Gasteiger partial charge < -0.3 is 29.1 Å². The number of halogens is 4. The molecule has 2 saturated heterocycles. The number of benzene rings is 2. The molecule has 0 bridgehead atoms. The van der Waals surface area contributed by atoms with Crippen molar-refractivity contribution in [2.24, 2.45) is 9.98 Å². The zero-order valence-electron chi connectivity index (χ0n) is 31.2. The maximum Gasteiger partial charge on any atom is 0.232 e. The molecule has 0 N–H and O–H groups in total. The van der Waals surface area contributed by atoms with Crippen molar-refractivity contribution in [3.63, 3.8) is 0 Å². The van der Waals surface area contributed by atoms with Gasteiger partial charge in [0.2, 0.25) is 11.8 Å². The van der Waals surface area contributed by atoms with Gasteiger partial charge >= 0.3 is 0 Å². The number of anilines is 2. The highest BCUT2D eigenvalue weighted by Crippen LogP contribution is 2.37. The van der Waals surface area contributed by atoms with Crippen molar-refractivity contribution in [1.29, 1.82) is 0 Å². The minimum Gasteiger partial charge on any atom is -0.378 e. The number of ketones is 2. The average Bonchev–Trinajstić information content (AvgIpc) is 3.71. The largest absolute Gasteiger partial charge is 0.378 e. The number of aliphatic imine (C=N–C) groups is 2. The molecule has 296 valence electrons. The Balaban J connectivity index is 0.000000172. The number of morpholine rings is 2. The van der Waals surface area contributed by atoms with E-state index in [1.165, 1.54) is 34.1 Å². The number of carbonyl (C=O) groups is 4. The maximum atomic E-state index is 14.1. The number of fused-ring (bicyclic) bond motifs is 2. The summed E-state index contributed by atoms with van der Waals surface area (Å²) in [6.07, 6.45) is 3.64. The molecule has 2 aromatic rings. The summed E-state index contributed by atoms with van der Waals surface area (Å²) in [6.45, 7) is 8.44. The summed E-state index contributed by atoms with van der Waals surface area (Å²) in [7, 11) is 0. The minimum atomic E-state index is -0.914. The number of ether oxygens (including phenoxy) is 2. The predicted molar refractivity (Wildman–Crippen MR) is 198 cm³/mol. The smallest absolute Gasteiger partial charge is 0.232 e. The van der Waals surface area contributed by atoms with Gasteiger partial charge in [-0.05, 0) is 51.0 Å². The maximum absolute atomic E-state index is 14.1. The molecule has 0 aromatic heterocycles. The number of nitrogens with zero attached hydrogens (tertiary/aromatic N) is 6. The van der Waals surface area contributed by atoms with Gasteiger partial charge in [-0.1, -0.05) is 0 Å². The second kappa shape index (κ2) is 16.5. The molecule has 0 radical (unpaired) electrons. The van der Waals surface area contributed by atoms with Crippen molar-refractivity contribution >= 4 is 46.2 Å². The summed E-state index contributed by atoms with van der Waals surface area (Å²) in [4.78, 5) is 66.1. The van der Waals surface area contributed by atoms with Crippen molar-refractivity contribution < 1.29 is 46.2 Å². The molecule has 0 spiro atoms. The van der Waals surface area contributed by atoms with Gasteiger partial charge in [-0.2, -0.15) is 0 Å².